The van der Waals surface area contributed by atoms with Crippen LogP contribution in [-0.4, -0.2) is 57.7 Å². The molecule has 0 saturated carbocycles. The Hall–Kier alpha value is -1.36. The van der Waals surface area contributed by atoms with Crippen molar-refractivity contribution in [2.45, 2.75) is 44.8 Å². The summed E-state index contributed by atoms with van der Waals surface area (Å²) < 4.78 is 1.81. The molecule has 2 atom stereocenters. The van der Waals surface area contributed by atoms with Crippen molar-refractivity contribution < 1.29 is 4.79 Å². The van der Waals surface area contributed by atoms with Gasteiger partial charge in [-0.25, -0.2) is 0 Å². The number of amides is 1. The molecule has 1 aromatic rings. The molecule has 2 unspecified atom stereocenters. The van der Waals surface area contributed by atoms with E-state index in [1.807, 2.05) is 22.7 Å². The number of fused-ring (bicyclic) bond motifs is 2. The van der Waals surface area contributed by atoms with Gasteiger partial charge < -0.3 is 4.90 Å². The van der Waals surface area contributed by atoms with Crippen LogP contribution in [0.5, 0.6) is 0 Å². The molecule has 0 aromatic carbocycles. The van der Waals surface area contributed by atoms with E-state index in [-0.39, 0.29) is 5.91 Å². The van der Waals surface area contributed by atoms with E-state index < -0.39 is 0 Å². The molecule has 19 heavy (non-hydrogen) atoms. The SMILES string of the molecule is CCn1cc(C(=O)N2CCC3CCC(C2)N3C)cn1. The zero-order valence-electron chi connectivity index (χ0n) is 11.7. The van der Waals surface area contributed by atoms with E-state index in [0.717, 1.165) is 31.6 Å². The van der Waals surface area contributed by atoms with Crippen molar-refractivity contribution in [2.75, 3.05) is 20.1 Å². The molecule has 104 valence electrons. The van der Waals surface area contributed by atoms with Crippen LogP contribution >= 0.6 is 0 Å². The van der Waals surface area contributed by atoms with Crippen LogP contribution in [0.1, 0.15) is 36.5 Å². The van der Waals surface area contributed by atoms with Crippen molar-refractivity contribution in [1.82, 2.24) is 19.6 Å². The molecule has 1 aromatic heterocycles. The Labute approximate surface area is 114 Å². The van der Waals surface area contributed by atoms with Crippen LogP contribution in [0.25, 0.3) is 0 Å². The lowest BCUT2D eigenvalue weighted by Crippen LogP contribution is -2.39. The first-order valence-electron chi connectivity index (χ1n) is 7.22. The highest BCUT2D eigenvalue weighted by molar-refractivity contribution is 5.93. The minimum atomic E-state index is 0.139. The molecule has 5 heteroatoms. The molecule has 2 aliphatic heterocycles. The monoisotopic (exact) mass is 262 g/mol. The molecule has 2 saturated heterocycles. The van der Waals surface area contributed by atoms with Gasteiger partial charge in [0.1, 0.15) is 0 Å². The Kier molecular flexibility index (Phi) is 3.31. The van der Waals surface area contributed by atoms with Crippen LogP contribution in [0.3, 0.4) is 0 Å². The minimum Gasteiger partial charge on any atom is -0.337 e. The molecule has 5 nitrogen and oxygen atoms in total. The number of nitrogens with zero attached hydrogens (tertiary/aromatic N) is 4. The van der Waals surface area contributed by atoms with Crippen molar-refractivity contribution >= 4 is 5.91 Å². The number of carbonyl (C=O) groups is 1. The number of hydrogen-bond donors (Lipinski definition) is 0. The largest absolute Gasteiger partial charge is 0.337 e. The van der Waals surface area contributed by atoms with Gasteiger partial charge in [0.15, 0.2) is 0 Å². The van der Waals surface area contributed by atoms with E-state index in [9.17, 15) is 4.79 Å². The molecule has 0 radical (unpaired) electrons. The number of aryl methyl sites for hydroxylation is 1. The molecule has 2 fully saturated rings. The molecule has 3 heterocycles. The molecule has 1 amide bonds. The predicted molar refractivity (Wildman–Crippen MR) is 73.0 cm³/mol. The first-order chi connectivity index (χ1) is 9.19. The quantitative estimate of drug-likeness (QED) is 0.804. The molecule has 0 N–H and O–H groups in total. The second-order valence-corrected chi connectivity index (χ2v) is 5.68. The highest BCUT2D eigenvalue weighted by atomic mass is 16.2. The maximum atomic E-state index is 12.5. The molecule has 0 spiro atoms. The fraction of sp³-hybridized carbons (Fsp3) is 0.714. The summed E-state index contributed by atoms with van der Waals surface area (Å²) in [6.45, 7) is 4.58. The molecular formula is C14H22N4O. The Balaban J connectivity index is 1.73. The molecule has 2 aliphatic rings. The van der Waals surface area contributed by atoms with E-state index in [1.165, 1.54) is 12.8 Å². The lowest BCUT2D eigenvalue weighted by atomic mass is 10.1. The van der Waals surface area contributed by atoms with Crippen LogP contribution in [0.2, 0.25) is 0 Å². The van der Waals surface area contributed by atoms with E-state index in [0.29, 0.717) is 12.1 Å². The predicted octanol–water partition coefficient (Wildman–Crippen LogP) is 1.21. The number of likely N-dealkylation sites (tertiary alicyclic amines) is 1. The van der Waals surface area contributed by atoms with Gasteiger partial charge in [-0.1, -0.05) is 0 Å². The average Bonchev–Trinajstić information content (AvgIpc) is 2.95. The maximum Gasteiger partial charge on any atom is 0.257 e. The Morgan fingerprint density at radius 1 is 1.37 bits per heavy atom. The molecule has 0 aliphatic carbocycles. The number of aromatic nitrogens is 2. The fourth-order valence-corrected chi connectivity index (χ4v) is 3.32. The summed E-state index contributed by atoms with van der Waals surface area (Å²) in [5.41, 5.74) is 0.724. The van der Waals surface area contributed by atoms with Crippen LogP contribution in [0.15, 0.2) is 12.4 Å². The van der Waals surface area contributed by atoms with Gasteiger partial charge in [0.25, 0.3) is 5.91 Å². The maximum absolute atomic E-state index is 12.5. The molecular weight excluding hydrogens is 240 g/mol. The third kappa shape index (κ3) is 2.27. The van der Waals surface area contributed by atoms with E-state index in [1.54, 1.807) is 6.20 Å². The van der Waals surface area contributed by atoms with Gasteiger partial charge >= 0.3 is 0 Å². The van der Waals surface area contributed by atoms with Gasteiger partial charge in [-0.15, -0.1) is 0 Å². The summed E-state index contributed by atoms with van der Waals surface area (Å²) in [6, 6.07) is 1.21. The van der Waals surface area contributed by atoms with E-state index in [2.05, 4.69) is 17.0 Å². The topological polar surface area (TPSA) is 41.4 Å². The zero-order chi connectivity index (χ0) is 13.4. The lowest BCUT2D eigenvalue weighted by molar-refractivity contribution is 0.0740. The summed E-state index contributed by atoms with van der Waals surface area (Å²) in [5.74, 6) is 0.139. The second-order valence-electron chi connectivity index (χ2n) is 5.68. The van der Waals surface area contributed by atoms with E-state index >= 15 is 0 Å². The second kappa shape index (κ2) is 4.96. The Morgan fingerprint density at radius 2 is 2.16 bits per heavy atom. The van der Waals surface area contributed by atoms with Gasteiger partial charge in [0.2, 0.25) is 0 Å². The highest BCUT2D eigenvalue weighted by Gasteiger charge is 2.36. The minimum absolute atomic E-state index is 0.139. The normalized spacial score (nSPS) is 27.6. The summed E-state index contributed by atoms with van der Waals surface area (Å²) >= 11 is 0. The van der Waals surface area contributed by atoms with E-state index in [4.69, 9.17) is 0 Å². The standard InChI is InChI=1S/C14H22N4O/c1-3-18-9-11(8-15-18)14(19)17-7-6-12-4-5-13(10-17)16(12)2/h8-9,12-13H,3-7,10H2,1-2H3. The first-order valence-corrected chi connectivity index (χ1v) is 7.22. The van der Waals surface area contributed by atoms with Crippen LogP contribution < -0.4 is 0 Å². The summed E-state index contributed by atoms with van der Waals surface area (Å²) in [5, 5.41) is 4.20. The van der Waals surface area contributed by atoms with Crippen molar-refractivity contribution in [3.05, 3.63) is 18.0 Å². The van der Waals surface area contributed by atoms with Crippen LogP contribution in [-0.2, 0) is 6.54 Å². The summed E-state index contributed by atoms with van der Waals surface area (Å²) in [6.07, 6.45) is 7.16. The van der Waals surface area contributed by atoms with Crippen molar-refractivity contribution in [1.29, 1.82) is 0 Å². The first kappa shape index (κ1) is 12.7. The van der Waals surface area contributed by atoms with Crippen molar-refractivity contribution in [2.24, 2.45) is 0 Å². The average molecular weight is 262 g/mol. The number of hydrogen-bond acceptors (Lipinski definition) is 3. The third-order valence-electron chi connectivity index (χ3n) is 4.64. The van der Waals surface area contributed by atoms with Gasteiger partial charge in [0, 0.05) is 37.9 Å². The van der Waals surface area contributed by atoms with Crippen molar-refractivity contribution in [3.8, 4) is 0 Å². The van der Waals surface area contributed by atoms with Gasteiger partial charge in [0.05, 0.1) is 11.8 Å². The van der Waals surface area contributed by atoms with Crippen LogP contribution in [0, 0.1) is 0 Å². The lowest BCUT2D eigenvalue weighted by Gasteiger charge is -2.25. The zero-order valence-corrected chi connectivity index (χ0v) is 11.7. The fourth-order valence-electron chi connectivity index (χ4n) is 3.32. The third-order valence-corrected chi connectivity index (χ3v) is 4.64. The van der Waals surface area contributed by atoms with Crippen LogP contribution in [0.4, 0.5) is 0 Å². The molecule has 3 rings (SSSR count). The summed E-state index contributed by atoms with van der Waals surface area (Å²) in [7, 11) is 2.20. The smallest absolute Gasteiger partial charge is 0.257 e. The Morgan fingerprint density at radius 3 is 2.89 bits per heavy atom. The van der Waals surface area contributed by atoms with Gasteiger partial charge in [-0.3, -0.25) is 14.4 Å². The number of carbonyl (C=O) groups excluding carboxylic acids is 1. The number of rotatable bonds is 2. The highest BCUT2D eigenvalue weighted by Crippen LogP contribution is 2.28. The number of likely N-dealkylation sites (N-methyl/N-ethyl adjacent to an activating group) is 1. The van der Waals surface area contributed by atoms with Crippen molar-refractivity contribution in [3.63, 3.8) is 0 Å². The Bertz CT molecular complexity index is 470. The van der Waals surface area contributed by atoms with Gasteiger partial charge in [-0.05, 0) is 33.2 Å². The summed E-state index contributed by atoms with van der Waals surface area (Å²) in [4.78, 5) is 17.0. The molecule has 2 bridgehead atoms. The van der Waals surface area contributed by atoms with Gasteiger partial charge in [-0.2, -0.15) is 5.10 Å².